The number of aromatic amines is 1. The van der Waals surface area contributed by atoms with E-state index in [9.17, 15) is 4.79 Å². The summed E-state index contributed by atoms with van der Waals surface area (Å²) in [6.07, 6.45) is 5.65. The molecule has 1 atom stereocenters. The highest BCUT2D eigenvalue weighted by molar-refractivity contribution is 5.96. The summed E-state index contributed by atoms with van der Waals surface area (Å²) in [4.78, 5) is 27.9. The highest BCUT2D eigenvalue weighted by Gasteiger charge is 2.31. The van der Waals surface area contributed by atoms with Crippen LogP contribution in [0, 0.1) is 0 Å². The van der Waals surface area contributed by atoms with Crippen LogP contribution in [0.2, 0.25) is 0 Å². The van der Waals surface area contributed by atoms with Crippen LogP contribution in [-0.2, 0) is 7.05 Å². The zero-order chi connectivity index (χ0) is 22.4. The maximum atomic E-state index is 12.7. The summed E-state index contributed by atoms with van der Waals surface area (Å²) in [7, 11) is 1.77. The van der Waals surface area contributed by atoms with Gasteiger partial charge in [0.1, 0.15) is 17.7 Å². The van der Waals surface area contributed by atoms with E-state index in [1.165, 1.54) is 5.56 Å². The summed E-state index contributed by atoms with van der Waals surface area (Å²) in [5, 5.41) is 18.9. The second-order valence-corrected chi connectivity index (χ2v) is 8.02. The Bertz CT molecular complexity index is 1490. The standard InChI is InChI=1S/C22H20N10O/c1-31-21-17(28-30-31)8-14(9-24-21)22(33)23-7-6-13-11-32(18-5-3-2-4-15(13)18)20-16-10-27-29-19(16)25-12-26-20/h2-5,8-10,12-13H,6-7,11H2,1H3,(H,23,33)(H,25,26,27,29). The topological polar surface area (TPSA) is 130 Å². The van der Waals surface area contributed by atoms with Gasteiger partial charge in [0.2, 0.25) is 0 Å². The summed E-state index contributed by atoms with van der Waals surface area (Å²) in [6, 6.07) is 10.0. The van der Waals surface area contributed by atoms with Crippen LogP contribution in [0.15, 0.2) is 49.1 Å². The zero-order valence-electron chi connectivity index (χ0n) is 17.8. The first-order chi connectivity index (χ1) is 16.2. The minimum atomic E-state index is -0.172. The van der Waals surface area contributed by atoms with E-state index in [1.807, 2.05) is 12.1 Å². The molecule has 4 aromatic heterocycles. The van der Waals surface area contributed by atoms with Gasteiger partial charge in [0.05, 0.1) is 17.1 Å². The van der Waals surface area contributed by atoms with Crippen molar-refractivity contribution in [2.45, 2.75) is 12.3 Å². The van der Waals surface area contributed by atoms with Crippen molar-refractivity contribution in [3.63, 3.8) is 0 Å². The van der Waals surface area contributed by atoms with Crippen molar-refractivity contribution in [2.75, 3.05) is 18.0 Å². The van der Waals surface area contributed by atoms with Crippen molar-refractivity contribution in [2.24, 2.45) is 7.05 Å². The SMILES string of the molecule is Cn1nnc2cc(C(=O)NCCC3CN(c4ncnc5[nH]ncc45)c4ccccc43)cnc21. The van der Waals surface area contributed by atoms with Gasteiger partial charge >= 0.3 is 0 Å². The summed E-state index contributed by atoms with van der Waals surface area (Å²) in [5.41, 5.74) is 4.78. The number of fused-ring (bicyclic) bond motifs is 3. The average molecular weight is 440 g/mol. The molecule has 0 saturated heterocycles. The Labute approximate surface area is 187 Å². The first kappa shape index (κ1) is 19.3. The van der Waals surface area contributed by atoms with Crippen molar-refractivity contribution in [3.05, 3.63) is 60.2 Å². The third kappa shape index (κ3) is 3.25. The molecular weight excluding hydrogens is 420 g/mol. The lowest BCUT2D eigenvalue weighted by molar-refractivity contribution is 0.0952. The van der Waals surface area contributed by atoms with Gasteiger partial charge in [0, 0.05) is 37.9 Å². The first-order valence-corrected chi connectivity index (χ1v) is 10.6. The van der Waals surface area contributed by atoms with E-state index >= 15 is 0 Å². The maximum absolute atomic E-state index is 12.7. The summed E-state index contributed by atoms with van der Waals surface area (Å²) in [5.74, 6) is 0.907. The van der Waals surface area contributed by atoms with Crippen LogP contribution in [-0.4, -0.2) is 59.1 Å². The van der Waals surface area contributed by atoms with E-state index in [0.29, 0.717) is 28.9 Å². The summed E-state index contributed by atoms with van der Waals surface area (Å²) in [6.45, 7) is 1.30. The molecule has 33 heavy (non-hydrogen) atoms. The fourth-order valence-electron chi connectivity index (χ4n) is 4.42. The lowest BCUT2D eigenvalue weighted by Crippen LogP contribution is -2.26. The molecule has 5 heterocycles. The van der Waals surface area contributed by atoms with Gasteiger partial charge in [-0.1, -0.05) is 23.4 Å². The van der Waals surface area contributed by atoms with Crippen molar-refractivity contribution in [1.82, 2.24) is 45.5 Å². The van der Waals surface area contributed by atoms with Crippen LogP contribution in [0.25, 0.3) is 22.2 Å². The minimum absolute atomic E-state index is 0.172. The quantitative estimate of drug-likeness (QED) is 0.425. The van der Waals surface area contributed by atoms with Crippen LogP contribution in [0.3, 0.4) is 0 Å². The molecule has 164 valence electrons. The van der Waals surface area contributed by atoms with Crippen molar-refractivity contribution >= 4 is 39.6 Å². The number of hydrogen-bond acceptors (Lipinski definition) is 8. The Balaban J connectivity index is 1.18. The molecule has 6 rings (SSSR count). The number of amides is 1. The normalized spacial score (nSPS) is 15.3. The second-order valence-electron chi connectivity index (χ2n) is 8.02. The van der Waals surface area contributed by atoms with E-state index in [1.54, 1.807) is 36.5 Å². The maximum Gasteiger partial charge on any atom is 0.252 e. The van der Waals surface area contributed by atoms with E-state index in [0.717, 1.165) is 29.9 Å². The number of anilines is 2. The lowest BCUT2D eigenvalue weighted by Gasteiger charge is -2.19. The molecule has 11 nitrogen and oxygen atoms in total. The molecule has 0 aliphatic carbocycles. The molecule has 2 N–H and O–H groups in total. The molecule has 0 radical (unpaired) electrons. The molecule has 1 amide bonds. The van der Waals surface area contributed by atoms with Gasteiger partial charge in [-0.05, 0) is 24.1 Å². The first-order valence-electron chi connectivity index (χ1n) is 10.6. The molecule has 11 heteroatoms. The molecule has 0 saturated carbocycles. The Hall–Kier alpha value is -4.41. The van der Waals surface area contributed by atoms with Crippen molar-refractivity contribution in [1.29, 1.82) is 0 Å². The smallest absolute Gasteiger partial charge is 0.252 e. The number of pyridine rings is 1. The highest BCUT2D eigenvalue weighted by Crippen LogP contribution is 2.42. The Morgan fingerprint density at radius 2 is 2.12 bits per heavy atom. The fraction of sp³-hybridized carbons (Fsp3) is 0.227. The largest absolute Gasteiger partial charge is 0.352 e. The van der Waals surface area contributed by atoms with E-state index in [-0.39, 0.29) is 11.8 Å². The Morgan fingerprint density at radius 3 is 3.06 bits per heavy atom. The van der Waals surface area contributed by atoms with Crippen LogP contribution >= 0.6 is 0 Å². The highest BCUT2D eigenvalue weighted by atomic mass is 16.1. The van der Waals surface area contributed by atoms with Crippen molar-refractivity contribution in [3.8, 4) is 0 Å². The Kier molecular flexibility index (Phi) is 4.45. The number of para-hydroxylation sites is 1. The number of rotatable bonds is 5. The van der Waals surface area contributed by atoms with Crippen LogP contribution < -0.4 is 10.2 Å². The predicted octanol–water partition coefficient (Wildman–Crippen LogP) is 2.08. The molecule has 5 aromatic rings. The number of aromatic nitrogens is 8. The number of carbonyl (C=O) groups is 1. The summed E-state index contributed by atoms with van der Waals surface area (Å²) < 4.78 is 1.58. The third-order valence-corrected chi connectivity index (χ3v) is 6.03. The van der Waals surface area contributed by atoms with E-state index in [2.05, 4.69) is 57.8 Å². The van der Waals surface area contributed by atoms with Crippen molar-refractivity contribution < 1.29 is 4.79 Å². The molecular formula is C22H20N10O. The minimum Gasteiger partial charge on any atom is -0.352 e. The Morgan fingerprint density at radius 1 is 1.21 bits per heavy atom. The van der Waals surface area contributed by atoms with Gasteiger partial charge in [-0.15, -0.1) is 5.10 Å². The number of nitrogens with zero attached hydrogens (tertiary/aromatic N) is 8. The van der Waals surface area contributed by atoms with E-state index < -0.39 is 0 Å². The zero-order valence-corrected chi connectivity index (χ0v) is 17.8. The monoisotopic (exact) mass is 440 g/mol. The molecule has 0 spiro atoms. The van der Waals surface area contributed by atoms with Gasteiger partial charge in [-0.25, -0.2) is 19.6 Å². The number of H-pyrrole nitrogens is 1. The van der Waals surface area contributed by atoms with Crippen LogP contribution in [0.1, 0.15) is 28.3 Å². The molecule has 1 aliphatic heterocycles. The fourth-order valence-corrected chi connectivity index (χ4v) is 4.42. The number of aryl methyl sites for hydroxylation is 1. The summed E-state index contributed by atoms with van der Waals surface area (Å²) >= 11 is 0. The molecule has 1 aromatic carbocycles. The van der Waals surface area contributed by atoms with Gasteiger partial charge in [-0.3, -0.25) is 9.89 Å². The number of nitrogens with one attached hydrogen (secondary N) is 2. The van der Waals surface area contributed by atoms with Crippen LogP contribution in [0.5, 0.6) is 0 Å². The van der Waals surface area contributed by atoms with Crippen LogP contribution in [0.4, 0.5) is 11.5 Å². The number of benzene rings is 1. The van der Waals surface area contributed by atoms with Gasteiger partial charge in [0.25, 0.3) is 5.91 Å². The molecule has 1 aliphatic rings. The number of carbonyl (C=O) groups excluding carboxylic acids is 1. The molecule has 0 fully saturated rings. The van der Waals surface area contributed by atoms with Gasteiger partial charge in [0.15, 0.2) is 11.3 Å². The van der Waals surface area contributed by atoms with Gasteiger partial charge < -0.3 is 10.2 Å². The second kappa shape index (κ2) is 7.62. The third-order valence-electron chi connectivity index (χ3n) is 6.03. The van der Waals surface area contributed by atoms with Gasteiger partial charge in [-0.2, -0.15) is 5.10 Å². The predicted molar refractivity (Wildman–Crippen MR) is 121 cm³/mol. The lowest BCUT2D eigenvalue weighted by atomic mass is 9.98. The molecule has 0 bridgehead atoms. The molecule has 1 unspecified atom stereocenters. The van der Waals surface area contributed by atoms with E-state index in [4.69, 9.17) is 0 Å². The average Bonchev–Trinajstić information content (AvgIpc) is 3.56. The number of hydrogen-bond donors (Lipinski definition) is 2.